The molecule has 1 aliphatic carbocycles. The highest BCUT2D eigenvalue weighted by Crippen LogP contribution is 2.30. The second kappa shape index (κ2) is 8.74. The maximum Gasteiger partial charge on any atom is 0.162 e. The predicted octanol–water partition coefficient (Wildman–Crippen LogP) is 5.10. The van der Waals surface area contributed by atoms with E-state index in [0.717, 1.165) is 29.2 Å². The summed E-state index contributed by atoms with van der Waals surface area (Å²) >= 11 is 0. The average molecular weight is 359 g/mol. The number of benzene rings is 3. The molecule has 0 saturated heterocycles. The highest BCUT2D eigenvalue weighted by atomic mass is 16.5. The summed E-state index contributed by atoms with van der Waals surface area (Å²) in [6.45, 7) is 1.93. The summed E-state index contributed by atoms with van der Waals surface area (Å²) in [6, 6.07) is 27.3. The molecule has 3 heteroatoms. The smallest absolute Gasteiger partial charge is 0.162 e. The topological polar surface area (TPSA) is 30.5 Å². The van der Waals surface area contributed by atoms with Crippen molar-refractivity contribution in [1.82, 2.24) is 5.32 Å². The van der Waals surface area contributed by atoms with Gasteiger partial charge in [-0.25, -0.2) is 0 Å². The minimum Gasteiger partial charge on any atom is -0.485 e. The van der Waals surface area contributed by atoms with Gasteiger partial charge in [0.15, 0.2) is 11.5 Å². The average Bonchev–Trinajstić information content (AvgIpc) is 3.56. The number of hydrogen-bond donors (Lipinski definition) is 1. The van der Waals surface area contributed by atoms with Gasteiger partial charge in [-0.05, 0) is 41.7 Å². The molecule has 138 valence electrons. The van der Waals surface area contributed by atoms with Crippen molar-refractivity contribution in [3.63, 3.8) is 0 Å². The fourth-order valence-electron chi connectivity index (χ4n) is 2.91. The minimum atomic E-state index is 0.530. The maximum absolute atomic E-state index is 6.12. The Kier molecular flexibility index (Phi) is 5.70. The fourth-order valence-corrected chi connectivity index (χ4v) is 2.91. The van der Waals surface area contributed by atoms with Crippen LogP contribution >= 0.6 is 0 Å². The summed E-state index contributed by atoms with van der Waals surface area (Å²) in [5, 5.41) is 3.55. The van der Waals surface area contributed by atoms with E-state index >= 15 is 0 Å². The van der Waals surface area contributed by atoms with Crippen molar-refractivity contribution < 1.29 is 9.47 Å². The molecule has 0 aromatic heterocycles. The van der Waals surface area contributed by atoms with E-state index in [-0.39, 0.29) is 0 Å². The molecular weight excluding hydrogens is 334 g/mol. The third-order valence-electron chi connectivity index (χ3n) is 4.65. The van der Waals surface area contributed by atoms with Crippen molar-refractivity contribution in [3.05, 3.63) is 95.6 Å². The maximum atomic E-state index is 6.12. The van der Waals surface area contributed by atoms with Crippen molar-refractivity contribution in [2.75, 3.05) is 0 Å². The van der Waals surface area contributed by atoms with E-state index in [0.29, 0.717) is 19.3 Å². The van der Waals surface area contributed by atoms with Gasteiger partial charge in [0.2, 0.25) is 0 Å². The summed E-state index contributed by atoms with van der Waals surface area (Å²) in [7, 11) is 0. The van der Waals surface area contributed by atoms with E-state index in [2.05, 4.69) is 41.7 Å². The molecule has 1 fully saturated rings. The predicted molar refractivity (Wildman–Crippen MR) is 108 cm³/mol. The summed E-state index contributed by atoms with van der Waals surface area (Å²) in [6.07, 6.45) is 2.57. The van der Waals surface area contributed by atoms with Crippen LogP contribution in [0.2, 0.25) is 0 Å². The molecule has 0 heterocycles. The third-order valence-corrected chi connectivity index (χ3v) is 4.65. The lowest BCUT2D eigenvalue weighted by Crippen LogP contribution is -2.15. The van der Waals surface area contributed by atoms with E-state index in [1.165, 1.54) is 18.4 Å². The first-order chi connectivity index (χ1) is 13.4. The second-order valence-electron chi connectivity index (χ2n) is 6.98. The molecule has 0 amide bonds. The van der Waals surface area contributed by atoms with Gasteiger partial charge in [0, 0.05) is 12.6 Å². The van der Waals surface area contributed by atoms with Crippen LogP contribution < -0.4 is 14.8 Å². The quantitative estimate of drug-likeness (QED) is 0.577. The Hall–Kier alpha value is -2.78. The summed E-state index contributed by atoms with van der Waals surface area (Å²) < 4.78 is 12.2. The van der Waals surface area contributed by atoms with Crippen LogP contribution in [0, 0.1) is 0 Å². The minimum absolute atomic E-state index is 0.530. The fraction of sp³-hybridized carbons (Fsp3) is 0.250. The number of ether oxygens (including phenoxy) is 2. The van der Waals surface area contributed by atoms with Gasteiger partial charge >= 0.3 is 0 Å². The molecule has 1 saturated carbocycles. The molecule has 0 atom stereocenters. The van der Waals surface area contributed by atoms with Gasteiger partial charge in [0.25, 0.3) is 0 Å². The van der Waals surface area contributed by atoms with Crippen molar-refractivity contribution in [3.8, 4) is 11.5 Å². The first-order valence-corrected chi connectivity index (χ1v) is 9.56. The highest BCUT2D eigenvalue weighted by Gasteiger charge is 2.20. The van der Waals surface area contributed by atoms with E-state index in [1.54, 1.807) is 0 Å². The Bertz CT molecular complexity index is 845. The van der Waals surface area contributed by atoms with E-state index in [1.807, 2.05) is 42.5 Å². The molecule has 0 unspecified atom stereocenters. The number of hydrogen-bond acceptors (Lipinski definition) is 3. The molecule has 3 aromatic rings. The van der Waals surface area contributed by atoms with E-state index in [9.17, 15) is 0 Å². The number of nitrogens with one attached hydrogen (secondary N) is 1. The van der Waals surface area contributed by atoms with Crippen molar-refractivity contribution in [1.29, 1.82) is 0 Å². The van der Waals surface area contributed by atoms with Crippen LogP contribution in [-0.2, 0) is 19.8 Å². The SMILES string of the molecule is c1ccc(COc2ccc(CNC3CC3)cc2OCc2ccccc2)cc1. The van der Waals surface area contributed by atoms with Gasteiger partial charge in [0.1, 0.15) is 13.2 Å². The molecule has 4 rings (SSSR count). The van der Waals surface area contributed by atoms with Crippen molar-refractivity contribution in [2.45, 2.75) is 38.6 Å². The summed E-state index contributed by atoms with van der Waals surface area (Å²) in [5.41, 5.74) is 3.51. The van der Waals surface area contributed by atoms with Gasteiger partial charge in [-0.3, -0.25) is 0 Å². The second-order valence-corrected chi connectivity index (χ2v) is 6.98. The Morgan fingerprint density at radius 1 is 0.667 bits per heavy atom. The first kappa shape index (κ1) is 17.6. The zero-order valence-corrected chi connectivity index (χ0v) is 15.4. The Labute approximate surface area is 161 Å². The Morgan fingerprint density at radius 3 is 1.85 bits per heavy atom. The van der Waals surface area contributed by atoms with Crippen molar-refractivity contribution >= 4 is 0 Å². The van der Waals surface area contributed by atoms with Gasteiger partial charge in [-0.2, -0.15) is 0 Å². The lowest BCUT2D eigenvalue weighted by atomic mass is 10.2. The normalized spacial score (nSPS) is 13.3. The first-order valence-electron chi connectivity index (χ1n) is 9.56. The zero-order valence-electron chi connectivity index (χ0n) is 15.4. The molecule has 0 bridgehead atoms. The van der Waals surface area contributed by atoms with Gasteiger partial charge in [-0.15, -0.1) is 0 Å². The molecule has 0 radical (unpaired) electrons. The van der Waals surface area contributed by atoms with Gasteiger partial charge in [-0.1, -0.05) is 66.7 Å². The van der Waals surface area contributed by atoms with Crippen LogP contribution in [0.1, 0.15) is 29.5 Å². The van der Waals surface area contributed by atoms with Crippen molar-refractivity contribution in [2.24, 2.45) is 0 Å². The highest BCUT2D eigenvalue weighted by molar-refractivity contribution is 5.43. The lowest BCUT2D eigenvalue weighted by molar-refractivity contribution is 0.255. The standard InChI is InChI=1S/C24H25NO2/c1-3-7-19(8-4-1)17-26-23-14-11-21(16-25-22-12-13-22)15-24(23)27-18-20-9-5-2-6-10-20/h1-11,14-15,22,25H,12-13,16-18H2. The molecule has 3 nitrogen and oxygen atoms in total. The lowest BCUT2D eigenvalue weighted by Gasteiger charge is -2.15. The molecular formula is C24H25NO2. The largest absolute Gasteiger partial charge is 0.485 e. The number of rotatable bonds is 9. The third kappa shape index (κ3) is 5.35. The molecule has 0 aliphatic heterocycles. The Balaban J connectivity index is 1.46. The molecule has 27 heavy (non-hydrogen) atoms. The molecule has 3 aromatic carbocycles. The van der Waals surface area contributed by atoms with Crippen LogP contribution in [0.15, 0.2) is 78.9 Å². The summed E-state index contributed by atoms with van der Waals surface area (Å²) in [5.74, 6) is 1.58. The Morgan fingerprint density at radius 2 is 1.26 bits per heavy atom. The van der Waals surface area contributed by atoms with E-state index in [4.69, 9.17) is 9.47 Å². The zero-order chi connectivity index (χ0) is 18.3. The van der Waals surface area contributed by atoms with Crippen LogP contribution in [0.25, 0.3) is 0 Å². The molecule has 0 spiro atoms. The van der Waals surface area contributed by atoms with Gasteiger partial charge in [0.05, 0.1) is 0 Å². The van der Waals surface area contributed by atoms with Gasteiger partial charge < -0.3 is 14.8 Å². The van der Waals surface area contributed by atoms with E-state index < -0.39 is 0 Å². The summed E-state index contributed by atoms with van der Waals surface area (Å²) in [4.78, 5) is 0. The van der Waals surface area contributed by atoms with Crippen LogP contribution in [0.4, 0.5) is 0 Å². The molecule has 1 aliphatic rings. The van der Waals surface area contributed by atoms with Crippen LogP contribution in [0.3, 0.4) is 0 Å². The van der Waals surface area contributed by atoms with Crippen LogP contribution in [0.5, 0.6) is 11.5 Å². The molecule has 1 N–H and O–H groups in total. The monoisotopic (exact) mass is 359 g/mol. The van der Waals surface area contributed by atoms with Crippen LogP contribution in [-0.4, -0.2) is 6.04 Å².